The number of hydrogen-bond donors (Lipinski definition) is 2. The second-order valence-electron chi connectivity index (χ2n) is 3.70. The molecule has 0 spiro atoms. The highest BCUT2D eigenvalue weighted by molar-refractivity contribution is 5.96. The fourth-order valence-corrected chi connectivity index (χ4v) is 1.46. The fourth-order valence-electron chi connectivity index (χ4n) is 1.46. The van der Waals surface area contributed by atoms with Crippen molar-refractivity contribution in [3.05, 3.63) is 24.0 Å². The smallest absolute Gasteiger partial charge is 0.276 e. The van der Waals surface area contributed by atoms with E-state index in [0.29, 0.717) is 18.1 Å². The van der Waals surface area contributed by atoms with E-state index in [4.69, 9.17) is 5.73 Å². The van der Waals surface area contributed by atoms with Crippen LogP contribution in [-0.2, 0) is 13.6 Å². The first-order chi connectivity index (χ1) is 8.08. The Morgan fingerprint density at radius 2 is 2.41 bits per heavy atom. The summed E-state index contributed by atoms with van der Waals surface area (Å²) in [4.78, 5) is 17.4. The third-order valence-electron chi connectivity index (χ3n) is 2.26. The van der Waals surface area contributed by atoms with Crippen molar-refractivity contribution in [2.45, 2.75) is 6.54 Å². The molecule has 2 rings (SSSR count). The lowest BCUT2D eigenvalue weighted by Gasteiger charge is -2.14. The molecule has 0 atom stereocenters. The normalized spacial score (nSPS) is 10.5. The van der Waals surface area contributed by atoms with Crippen LogP contribution in [0.2, 0.25) is 0 Å². The fraction of sp³-hybridized carbons (Fsp3) is 0.333. The Morgan fingerprint density at radius 3 is 2.94 bits per heavy atom. The lowest BCUT2D eigenvalue weighted by Crippen LogP contribution is -2.27. The Balaban J connectivity index is 2.12. The number of nitrogens with two attached hydrogens (primary N) is 1. The van der Waals surface area contributed by atoms with Crippen LogP contribution in [0.25, 0.3) is 0 Å². The molecule has 0 saturated carbocycles. The maximum Gasteiger partial charge on any atom is 0.276 e. The van der Waals surface area contributed by atoms with Crippen molar-refractivity contribution in [1.82, 2.24) is 29.9 Å². The summed E-state index contributed by atoms with van der Waals surface area (Å²) in [5.74, 6) is 0.356. The minimum atomic E-state index is -0.250. The topological polar surface area (TPSA) is 106 Å². The molecule has 0 aliphatic carbocycles. The van der Waals surface area contributed by atoms with Crippen molar-refractivity contribution in [2.75, 3.05) is 12.8 Å². The van der Waals surface area contributed by atoms with Gasteiger partial charge in [0.25, 0.3) is 5.91 Å². The summed E-state index contributed by atoms with van der Waals surface area (Å²) >= 11 is 0. The minimum absolute atomic E-state index is 0.245. The van der Waals surface area contributed by atoms with Crippen molar-refractivity contribution in [2.24, 2.45) is 7.05 Å². The first kappa shape index (κ1) is 11.1. The van der Waals surface area contributed by atoms with E-state index in [1.165, 1.54) is 15.9 Å². The third kappa shape index (κ3) is 2.25. The number of hydrogen-bond acceptors (Lipinski definition) is 5. The van der Waals surface area contributed by atoms with Gasteiger partial charge in [-0.3, -0.25) is 14.6 Å². The van der Waals surface area contributed by atoms with Crippen LogP contribution in [-0.4, -0.2) is 42.8 Å². The molecule has 0 bridgehead atoms. The van der Waals surface area contributed by atoms with Crippen LogP contribution in [0.1, 0.15) is 16.3 Å². The number of aromatic amines is 1. The van der Waals surface area contributed by atoms with Gasteiger partial charge in [-0.05, 0) is 0 Å². The van der Waals surface area contributed by atoms with Gasteiger partial charge < -0.3 is 10.6 Å². The lowest BCUT2D eigenvalue weighted by atomic mass is 10.3. The quantitative estimate of drug-likeness (QED) is 0.738. The largest absolute Gasteiger partial charge is 0.396 e. The molecular weight excluding hydrogens is 222 g/mol. The zero-order chi connectivity index (χ0) is 12.4. The molecule has 0 fully saturated rings. The van der Waals surface area contributed by atoms with Crippen LogP contribution >= 0.6 is 0 Å². The van der Waals surface area contributed by atoms with Crippen LogP contribution < -0.4 is 5.73 Å². The molecule has 0 aliphatic rings. The van der Waals surface area contributed by atoms with Crippen molar-refractivity contribution in [1.29, 1.82) is 0 Å². The summed E-state index contributed by atoms with van der Waals surface area (Å²) in [7, 11) is 3.36. The Kier molecular flexibility index (Phi) is 2.77. The van der Waals surface area contributed by atoms with Crippen molar-refractivity contribution >= 4 is 11.6 Å². The second-order valence-corrected chi connectivity index (χ2v) is 3.70. The van der Waals surface area contributed by atoms with Gasteiger partial charge in [0.1, 0.15) is 12.2 Å². The zero-order valence-electron chi connectivity index (χ0n) is 9.58. The van der Waals surface area contributed by atoms with Gasteiger partial charge >= 0.3 is 0 Å². The van der Waals surface area contributed by atoms with E-state index in [2.05, 4.69) is 20.3 Å². The average molecular weight is 235 g/mol. The highest BCUT2D eigenvalue weighted by atomic mass is 16.2. The number of carbonyl (C=O) groups is 1. The van der Waals surface area contributed by atoms with Gasteiger partial charge in [-0.1, -0.05) is 0 Å². The standard InChI is InChI=1S/C9H13N7O/c1-15(4-7-11-5-12-13-7)9(17)8-6(10)3-16(2)14-8/h3,5H,4,10H2,1-2H3,(H,11,12,13). The summed E-state index contributed by atoms with van der Waals surface area (Å²) in [6.45, 7) is 0.328. The molecule has 2 heterocycles. The van der Waals surface area contributed by atoms with Gasteiger partial charge in [0.15, 0.2) is 5.69 Å². The number of rotatable bonds is 3. The SMILES string of the molecule is CN(Cc1ncn[nH]1)C(=O)c1nn(C)cc1N. The number of amides is 1. The number of carbonyl (C=O) groups excluding carboxylic acids is 1. The first-order valence-corrected chi connectivity index (χ1v) is 4.96. The van der Waals surface area contributed by atoms with Gasteiger partial charge in [0.2, 0.25) is 0 Å². The van der Waals surface area contributed by atoms with Crippen LogP contribution in [0.4, 0.5) is 5.69 Å². The molecule has 0 saturated heterocycles. The summed E-state index contributed by atoms with van der Waals surface area (Å²) < 4.78 is 1.50. The Hall–Kier alpha value is -2.38. The maximum absolute atomic E-state index is 12.0. The van der Waals surface area contributed by atoms with Gasteiger partial charge in [-0.25, -0.2) is 4.98 Å². The lowest BCUT2D eigenvalue weighted by molar-refractivity contribution is 0.0776. The molecule has 90 valence electrons. The second kappa shape index (κ2) is 4.24. The van der Waals surface area contributed by atoms with E-state index in [0.717, 1.165) is 0 Å². The summed E-state index contributed by atoms with van der Waals surface area (Å²) in [6, 6.07) is 0. The van der Waals surface area contributed by atoms with E-state index >= 15 is 0 Å². The monoisotopic (exact) mass is 235 g/mol. The van der Waals surface area contributed by atoms with Gasteiger partial charge in [-0.15, -0.1) is 0 Å². The average Bonchev–Trinajstić information content (AvgIpc) is 2.87. The van der Waals surface area contributed by atoms with Crippen molar-refractivity contribution < 1.29 is 4.79 Å². The molecular formula is C9H13N7O. The van der Waals surface area contributed by atoms with Gasteiger partial charge in [0.05, 0.1) is 12.2 Å². The van der Waals surface area contributed by atoms with Gasteiger partial charge in [0, 0.05) is 20.3 Å². The van der Waals surface area contributed by atoms with Crippen LogP contribution in [0.15, 0.2) is 12.5 Å². The van der Waals surface area contributed by atoms with Crippen molar-refractivity contribution in [3.63, 3.8) is 0 Å². The predicted octanol–water partition coefficient (Wildman–Crippen LogP) is -0.607. The van der Waals surface area contributed by atoms with E-state index in [-0.39, 0.29) is 11.6 Å². The number of H-pyrrole nitrogens is 1. The number of nitrogen functional groups attached to an aromatic ring is 1. The highest BCUT2D eigenvalue weighted by Crippen LogP contribution is 2.11. The molecule has 0 radical (unpaired) electrons. The van der Waals surface area contributed by atoms with Crippen LogP contribution in [0.3, 0.4) is 0 Å². The van der Waals surface area contributed by atoms with E-state index in [9.17, 15) is 4.79 Å². The Labute approximate surface area is 97.4 Å². The predicted molar refractivity (Wildman–Crippen MR) is 59.8 cm³/mol. The number of aromatic nitrogens is 5. The molecule has 3 N–H and O–H groups in total. The number of nitrogens with zero attached hydrogens (tertiary/aromatic N) is 5. The summed E-state index contributed by atoms with van der Waals surface area (Å²) in [6.07, 6.45) is 2.98. The van der Waals surface area contributed by atoms with Crippen molar-refractivity contribution in [3.8, 4) is 0 Å². The maximum atomic E-state index is 12.0. The highest BCUT2D eigenvalue weighted by Gasteiger charge is 2.19. The molecule has 0 aromatic carbocycles. The van der Waals surface area contributed by atoms with E-state index in [1.807, 2.05) is 0 Å². The molecule has 0 unspecified atom stereocenters. The summed E-state index contributed by atoms with van der Waals surface area (Å²) in [5.41, 5.74) is 6.29. The first-order valence-electron chi connectivity index (χ1n) is 4.96. The molecule has 2 aromatic rings. The molecule has 0 aliphatic heterocycles. The number of anilines is 1. The summed E-state index contributed by atoms with van der Waals surface area (Å²) in [5, 5.41) is 10.4. The van der Waals surface area contributed by atoms with Crippen LogP contribution in [0, 0.1) is 0 Å². The molecule has 2 aromatic heterocycles. The zero-order valence-corrected chi connectivity index (χ0v) is 9.58. The van der Waals surface area contributed by atoms with Crippen LogP contribution in [0.5, 0.6) is 0 Å². The van der Waals surface area contributed by atoms with E-state index in [1.54, 1.807) is 20.3 Å². The van der Waals surface area contributed by atoms with E-state index < -0.39 is 0 Å². The molecule has 1 amide bonds. The Morgan fingerprint density at radius 1 is 1.65 bits per heavy atom. The number of aryl methyl sites for hydroxylation is 1. The molecule has 8 heteroatoms. The third-order valence-corrected chi connectivity index (χ3v) is 2.26. The molecule has 8 nitrogen and oxygen atoms in total. The number of nitrogens with one attached hydrogen (secondary N) is 1. The molecule has 17 heavy (non-hydrogen) atoms. The van der Waals surface area contributed by atoms with Gasteiger partial charge in [-0.2, -0.15) is 10.2 Å². The minimum Gasteiger partial charge on any atom is -0.396 e. The Bertz CT molecular complexity index is 515.